The van der Waals surface area contributed by atoms with Crippen LogP contribution in [-0.2, 0) is 25.6 Å². The minimum Gasteiger partial charge on any atom is -0.481 e. The molecular weight excluding hydrogens is 354 g/mol. The molecule has 0 fully saturated rings. The summed E-state index contributed by atoms with van der Waals surface area (Å²) in [6, 6.07) is 5.59. The smallest absolute Gasteiger partial charge is 0.326 e. The van der Waals surface area contributed by atoms with Crippen LogP contribution in [0.5, 0.6) is 0 Å². The van der Waals surface area contributed by atoms with Crippen molar-refractivity contribution < 1.29 is 29.4 Å². The highest BCUT2D eigenvalue weighted by molar-refractivity contribution is 5.93. The van der Waals surface area contributed by atoms with E-state index in [-0.39, 0.29) is 12.3 Å². The number of carboxylic acid groups (broad SMARTS) is 2. The van der Waals surface area contributed by atoms with Crippen LogP contribution >= 0.6 is 0 Å². The van der Waals surface area contributed by atoms with Crippen molar-refractivity contribution in [3.05, 3.63) is 35.9 Å². The van der Waals surface area contributed by atoms with Gasteiger partial charge in [0, 0.05) is 0 Å². The van der Waals surface area contributed by atoms with E-state index in [2.05, 4.69) is 10.6 Å². The molecule has 3 atom stereocenters. The highest BCUT2D eigenvalue weighted by Crippen LogP contribution is 2.06. The van der Waals surface area contributed by atoms with Crippen LogP contribution in [0.2, 0.25) is 0 Å². The number of carboxylic acids is 2. The summed E-state index contributed by atoms with van der Waals surface area (Å²) in [5, 5.41) is 22.5. The molecule has 3 unspecified atom stereocenters. The van der Waals surface area contributed by atoms with Gasteiger partial charge in [0.1, 0.15) is 12.1 Å². The molecule has 2 amide bonds. The maximum atomic E-state index is 12.4. The second-order valence-electron chi connectivity index (χ2n) is 6.52. The normalized spacial score (nSPS) is 14.1. The van der Waals surface area contributed by atoms with E-state index in [0.717, 1.165) is 5.56 Å². The third-order valence-electron chi connectivity index (χ3n) is 3.88. The third kappa shape index (κ3) is 7.45. The lowest BCUT2D eigenvalue weighted by Gasteiger charge is -2.25. The number of benzene rings is 1. The molecule has 0 saturated carbocycles. The molecular formula is C18H25N3O6. The summed E-state index contributed by atoms with van der Waals surface area (Å²) in [7, 11) is 0. The summed E-state index contributed by atoms with van der Waals surface area (Å²) < 4.78 is 0. The topological polar surface area (TPSA) is 159 Å². The molecule has 0 saturated heterocycles. The Morgan fingerprint density at radius 2 is 1.59 bits per heavy atom. The van der Waals surface area contributed by atoms with Crippen molar-refractivity contribution in [3.8, 4) is 0 Å². The number of amides is 2. The van der Waals surface area contributed by atoms with Gasteiger partial charge in [-0.2, -0.15) is 0 Å². The summed E-state index contributed by atoms with van der Waals surface area (Å²) >= 11 is 0. The minimum atomic E-state index is -1.59. The van der Waals surface area contributed by atoms with Gasteiger partial charge in [0.15, 0.2) is 0 Å². The number of aliphatic carboxylic acids is 2. The zero-order valence-corrected chi connectivity index (χ0v) is 15.2. The molecule has 1 aromatic rings. The van der Waals surface area contributed by atoms with Gasteiger partial charge >= 0.3 is 11.9 Å². The molecule has 0 radical (unpaired) electrons. The Morgan fingerprint density at radius 1 is 1.00 bits per heavy atom. The number of hydrogen-bond donors (Lipinski definition) is 5. The molecule has 148 valence electrons. The van der Waals surface area contributed by atoms with Gasteiger partial charge in [0.05, 0.1) is 12.5 Å². The van der Waals surface area contributed by atoms with E-state index in [1.165, 1.54) is 0 Å². The SMILES string of the molecule is CC(C)C(NC(=O)C(N)Cc1ccccc1)C(=O)NC(CC(=O)O)C(=O)O. The Kier molecular flexibility index (Phi) is 8.40. The molecule has 9 heteroatoms. The second-order valence-corrected chi connectivity index (χ2v) is 6.52. The molecule has 0 aliphatic heterocycles. The Labute approximate surface area is 156 Å². The summed E-state index contributed by atoms with van der Waals surface area (Å²) in [5.41, 5.74) is 6.76. The van der Waals surface area contributed by atoms with E-state index >= 15 is 0 Å². The molecule has 27 heavy (non-hydrogen) atoms. The lowest BCUT2D eigenvalue weighted by atomic mass is 10.0. The average Bonchev–Trinajstić information content (AvgIpc) is 2.58. The molecule has 0 aliphatic rings. The van der Waals surface area contributed by atoms with Crippen LogP contribution in [0.25, 0.3) is 0 Å². The Bertz CT molecular complexity index is 677. The quantitative estimate of drug-likeness (QED) is 0.374. The lowest BCUT2D eigenvalue weighted by Crippen LogP contribution is -2.56. The summed E-state index contributed by atoms with van der Waals surface area (Å²) in [6.07, 6.45) is -0.497. The minimum absolute atomic E-state index is 0.274. The molecule has 1 rings (SSSR count). The van der Waals surface area contributed by atoms with Crippen LogP contribution in [0.15, 0.2) is 30.3 Å². The van der Waals surface area contributed by atoms with Crippen molar-refractivity contribution in [2.75, 3.05) is 0 Å². The van der Waals surface area contributed by atoms with Crippen molar-refractivity contribution >= 4 is 23.8 Å². The zero-order valence-electron chi connectivity index (χ0n) is 15.2. The molecule has 0 spiro atoms. The third-order valence-corrected chi connectivity index (χ3v) is 3.88. The fraction of sp³-hybridized carbons (Fsp3) is 0.444. The molecule has 1 aromatic carbocycles. The molecule has 9 nitrogen and oxygen atoms in total. The van der Waals surface area contributed by atoms with E-state index in [1.807, 2.05) is 30.3 Å². The largest absolute Gasteiger partial charge is 0.481 e. The van der Waals surface area contributed by atoms with E-state index in [4.69, 9.17) is 15.9 Å². The predicted molar refractivity (Wildman–Crippen MR) is 96.7 cm³/mol. The van der Waals surface area contributed by atoms with Gasteiger partial charge in [-0.15, -0.1) is 0 Å². The number of carbonyl (C=O) groups excluding carboxylic acids is 2. The van der Waals surface area contributed by atoms with Crippen LogP contribution in [0, 0.1) is 5.92 Å². The number of nitrogens with two attached hydrogens (primary N) is 1. The number of hydrogen-bond acceptors (Lipinski definition) is 5. The first-order chi connectivity index (χ1) is 12.6. The van der Waals surface area contributed by atoms with Crippen LogP contribution in [0.4, 0.5) is 0 Å². The van der Waals surface area contributed by atoms with Crippen molar-refractivity contribution in [1.29, 1.82) is 0 Å². The maximum Gasteiger partial charge on any atom is 0.326 e. The Morgan fingerprint density at radius 3 is 2.07 bits per heavy atom. The predicted octanol–water partition coefficient (Wildman–Crippen LogP) is -0.259. The monoisotopic (exact) mass is 379 g/mol. The number of rotatable bonds is 10. The van der Waals surface area contributed by atoms with Gasteiger partial charge in [0.25, 0.3) is 0 Å². The van der Waals surface area contributed by atoms with Crippen molar-refractivity contribution in [2.45, 2.75) is 44.8 Å². The first-order valence-electron chi connectivity index (χ1n) is 8.46. The van der Waals surface area contributed by atoms with Gasteiger partial charge in [-0.25, -0.2) is 4.79 Å². The Balaban J connectivity index is 2.76. The average molecular weight is 379 g/mol. The first kappa shape index (κ1) is 22.1. The van der Waals surface area contributed by atoms with E-state index in [0.29, 0.717) is 0 Å². The van der Waals surface area contributed by atoms with E-state index in [9.17, 15) is 19.2 Å². The van der Waals surface area contributed by atoms with Gasteiger partial charge in [-0.05, 0) is 17.9 Å². The molecule has 0 heterocycles. The van der Waals surface area contributed by atoms with Crippen LogP contribution in [-0.4, -0.2) is 52.1 Å². The second kappa shape index (κ2) is 10.3. The van der Waals surface area contributed by atoms with Crippen molar-refractivity contribution in [2.24, 2.45) is 11.7 Å². The molecule has 0 bridgehead atoms. The fourth-order valence-corrected chi connectivity index (χ4v) is 2.39. The number of carbonyl (C=O) groups is 4. The summed E-state index contributed by atoms with van der Waals surface area (Å²) in [4.78, 5) is 46.6. The standard InChI is InChI=1S/C18H25N3O6/c1-10(2)15(17(25)20-13(18(26)27)9-14(22)23)21-16(24)12(19)8-11-6-4-3-5-7-11/h3-7,10,12-13,15H,8-9,19H2,1-2H3,(H,20,25)(H,21,24)(H,22,23)(H,26,27). The lowest BCUT2D eigenvalue weighted by molar-refractivity contribution is -0.147. The van der Waals surface area contributed by atoms with E-state index < -0.39 is 48.3 Å². The zero-order chi connectivity index (χ0) is 20.6. The van der Waals surface area contributed by atoms with Gasteiger partial charge in [0.2, 0.25) is 11.8 Å². The number of nitrogens with one attached hydrogen (secondary N) is 2. The van der Waals surface area contributed by atoms with Gasteiger partial charge < -0.3 is 26.6 Å². The summed E-state index contributed by atoms with van der Waals surface area (Å²) in [6.45, 7) is 3.33. The molecule has 0 aliphatic carbocycles. The summed E-state index contributed by atoms with van der Waals surface area (Å²) in [5.74, 6) is -4.54. The van der Waals surface area contributed by atoms with Crippen LogP contribution < -0.4 is 16.4 Å². The highest BCUT2D eigenvalue weighted by Gasteiger charge is 2.30. The van der Waals surface area contributed by atoms with Crippen molar-refractivity contribution in [3.63, 3.8) is 0 Å². The maximum absolute atomic E-state index is 12.4. The highest BCUT2D eigenvalue weighted by atomic mass is 16.4. The van der Waals surface area contributed by atoms with E-state index in [1.54, 1.807) is 13.8 Å². The van der Waals surface area contributed by atoms with Gasteiger partial charge in [-0.3, -0.25) is 14.4 Å². The molecule has 0 aromatic heterocycles. The first-order valence-corrected chi connectivity index (χ1v) is 8.46. The van der Waals surface area contributed by atoms with Crippen LogP contribution in [0.1, 0.15) is 25.8 Å². The van der Waals surface area contributed by atoms with Gasteiger partial charge in [-0.1, -0.05) is 44.2 Å². The molecule has 6 N–H and O–H groups in total. The fourth-order valence-electron chi connectivity index (χ4n) is 2.39. The van der Waals surface area contributed by atoms with Crippen LogP contribution in [0.3, 0.4) is 0 Å². The van der Waals surface area contributed by atoms with Crippen molar-refractivity contribution in [1.82, 2.24) is 10.6 Å². The Hall–Kier alpha value is -2.94.